The van der Waals surface area contributed by atoms with Crippen LogP contribution in [0.2, 0.25) is 0 Å². The van der Waals surface area contributed by atoms with Crippen molar-refractivity contribution in [2.45, 2.75) is 18.2 Å². The van der Waals surface area contributed by atoms with E-state index in [1.807, 2.05) is 0 Å². The number of hydrogen-bond acceptors (Lipinski definition) is 5. The maximum atomic E-state index is 11.4. The van der Waals surface area contributed by atoms with Gasteiger partial charge in [0.05, 0.1) is 31.9 Å². The normalized spacial score (nSPS) is 26.6. The molecule has 0 saturated carbocycles. The third kappa shape index (κ3) is 2.81. The summed E-state index contributed by atoms with van der Waals surface area (Å²) in [6, 6.07) is -2.13. The van der Waals surface area contributed by atoms with Gasteiger partial charge in [0.15, 0.2) is 6.04 Å². The SMILES string of the molecule is O=C(O)[C@H](CO)NC(=O)N1CC(O)C(O)C1. The molecule has 1 heterocycles. The number of likely N-dealkylation sites (tertiary alicyclic amines) is 1. The number of aliphatic carboxylic acids is 1. The summed E-state index contributed by atoms with van der Waals surface area (Å²) in [5, 5.41) is 37.7. The zero-order valence-electron chi connectivity index (χ0n) is 8.41. The molecule has 1 fully saturated rings. The predicted molar refractivity (Wildman–Crippen MR) is 50.6 cm³/mol. The molecule has 1 rings (SSSR count). The summed E-state index contributed by atoms with van der Waals surface area (Å²) in [6.07, 6.45) is -2.05. The van der Waals surface area contributed by atoms with Crippen molar-refractivity contribution >= 4 is 12.0 Å². The van der Waals surface area contributed by atoms with Gasteiger partial charge in [0.2, 0.25) is 0 Å². The highest BCUT2D eigenvalue weighted by atomic mass is 16.4. The van der Waals surface area contributed by atoms with Crippen LogP contribution in [0.5, 0.6) is 0 Å². The Morgan fingerprint density at radius 1 is 1.31 bits per heavy atom. The van der Waals surface area contributed by atoms with Gasteiger partial charge in [0.25, 0.3) is 0 Å². The minimum atomic E-state index is -1.39. The van der Waals surface area contributed by atoms with Crippen LogP contribution in [0.15, 0.2) is 0 Å². The number of urea groups is 1. The van der Waals surface area contributed by atoms with E-state index in [2.05, 4.69) is 5.32 Å². The van der Waals surface area contributed by atoms with E-state index in [0.29, 0.717) is 0 Å². The molecule has 0 aliphatic carbocycles. The van der Waals surface area contributed by atoms with Gasteiger partial charge in [-0.05, 0) is 0 Å². The van der Waals surface area contributed by atoms with Crippen molar-refractivity contribution in [2.75, 3.05) is 19.7 Å². The summed E-state index contributed by atoms with van der Waals surface area (Å²) in [7, 11) is 0. The van der Waals surface area contributed by atoms with Gasteiger partial charge >= 0.3 is 12.0 Å². The molecule has 2 amide bonds. The molecule has 1 saturated heterocycles. The van der Waals surface area contributed by atoms with E-state index < -0.39 is 36.9 Å². The van der Waals surface area contributed by atoms with E-state index in [4.69, 9.17) is 10.2 Å². The van der Waals surface area contributed by atoms with Crippen molar-refractivity contribution in [3.63, 3.8) is 0 Å². The number of hydrogen-bond donors (Lipinski definition) is 5. The molecule has 16 heavy (non-hydrogen) atoms. The number of rotatable bonds is 3. The molecule has 0 spiro atoms. The highest BCUT2D eigenvalue weighted by Gasteiger charge is 2.33. The van der Waals surface area contributed by atoms with E-state index >= 15 is 0 Å². The van der Waals surface area contributed by atoms with Crippen LogP contribution in [0.4, 0.5) is 4.79 Å². The highest BCUT2D eigenvalue weighted by molar-refractivity contribution is 5.82. The lowest BCUT2D eigenvalue weighted by Crippen LogP contribution is -2.49. The van der Waals surface area contributed by atoms with Crippen LogP contribution < -0.4 is 5.32 Å². The molecule has 1 aliphatic rings. The summed E-state index contributed by atoms with van der Waals surface area (Å²) < 4.78 is 0. The Hall–Kier alpha value is -1.38. The second-order valence-corrected chi connectivity index (χ2v) is 3.56. The van der Waals surface area contributed by atoms with E-state index in [9.17, 15) is 19.8 Å². The van der Waals surface area contributed by atoms with E-state index in [1.165, 1.54) is 0 Å². The van der Waals surface area contributed by atoms with Crippen molar-refractivity contribution in [1.82, 2.24) is 10.2 Å². The molecule has 0 aromatic heterocycles. The first-order valence-electron chi connectivity index (χ1n) is 4.71. The first kappa shape index (κ1) is 12.7. The van der Waals surface area contributed by atoms with Crippen molar-refractivity contribution in [2.24, 2.45) is 0 Å². The van der Waals surface area contributed by atoms with Gasteiger partial charge in [-0.1, -0.05) is 0 Å². The maximum Gasteiger partial charge on any atom is 0.328 e. The summed E-state index contributed by atoms with van der Waals surface area (Å²) in [4.78, 5) is 23.0. The summed E-state index contributed by atoms with van der Waals surface area (Å²) >= 11 is 0. The molecule has 0 bridgehead atoms. The fraction of sp³-hybridized carbons (Fsp3) is 0.750. The molecule has 8 heteroatoms. The lowest BCUT2D eigenvalue weighted by molar-refractivity contribution is -0.140. The van der Waals surface area contributed by atoms with Crippen LogP contribution in [-0.4, -0.2) is 75.3 Å². The van der Waals surface area contributed by atoms with Gasteiger partial charge in [-0.15, -0.1) is 0 Å². The number of amides is 2. The fourth-order valence-electron chi connectivity index (χ4n) is 1.36. The number of nitrogens with zero attached hydrogens (tertiary/aromatic N) is 1. The molecular formula is C8H14N2O6. The Labute approximate surface area is 91.1 Å². The minimum absolute atomic E-state index is 0.0647. The predicted octanol–water partition coefficient (Wildman–Crippen LogP) is -2.82. The molecule has 2 unspecified atom stereocenters. The molecule has 0 radical (unpaired) electrons. The zero-order valence-corrected chi connectivity index (χ0v) is 8.41. The van der Waals surface area contributed by atoms with Crippen molar-refractivity contribution in [3.8, 4) is 0 Å². The number of carboxylic acids is 1. The standard InChI is InChI=1S/C8H14N2O6/c11-3-4(7(14)15)9-8(16)10-1-5(12)6(13)2-10/h4-6,11-13H,1-3H2,(H,9,16)(H,14,15)/t4-,5?,6?/m0/s1. The van der Waals surface area contributed by atoms with Gasteiger partial charge in [0, 0.05) is 0 Å². The van der Waals surface area contributed by atoms with Crippen LogP contribution in [0, 0.1) is 0 Å². The molecule has 8 nitrogen and oxygen atoms in total. The number of aliphatic hydroxyl groups excluding tert-OH is 3. The van der Waals surface area contributed by atoms with Crippen LogP contribution in [0.3, 0.4) is 0 Å². The highest BCUT2D eigenvalue weighted by Crippen LogP contribution is 2.09. The van der Waals surface area contributed by atoms with Gasteiger partial charge < -0.3 is 30.6 Å². The number of carbonyl (C=O) groups is 2. The number of aliphatic hydroxyl groups is 3. The van der Waals surface area contributed by atoms with Gasteiger partial charge in [0.1, 0.15) is 0 Å². The average Bonchev–Trinajstić information content (AvgIpc) is 2.55. The second kappa shape index (κ2) is 5.10. The first-order chi connectivity index (χ1) is 7.45. The molecule has 1 aliphatic heterocycles. The number of carboxylic acid groups (broad SMARTS) is 1. The van der Waals surface area contributed by atoms with Crippen LogP contribution in [-0.2, 0) is 4.79 Å². The van der Waals surface area contributed by atoms with Gasteiger partial charge in [-0.3, -0.25) is 0 Å². The van der Waals surface area contributed by atoms with Gasteiger partial charge in [-0.2, -0.15) is 0 Å². The average molecular weight is 234 g/mol. The monoisotopic (exact) mass is 234 g/mol. The quantitative estimate of drug-likeness (QED) is 0.358. The molecule has 0 aromatic carbocycles. The molecule has 92 valence electrons. The molecule has 5 N–H and O–H groups in total. The summed E-state index contributed by atoms with van der Waals surface area (Å²) in [5.41, 5.74) is 0. The lowest BCUT2D eigenvalue weighted by Gasteiger charge is -2.19. The summed E-state index contributed by atoms with van der Waals surface area (Å²) in [6.45, 7) is -0.852. The zero-order chi connectivity index (χ0) is 12.3. The van der Waals surface area contributed by atoms with Crippen molar-refractivity contribution in [1.29, 1.82) is 0 Å². The van der Waals surface area contributed by atoms with Gasteiger partial charge in [-0.25, -0.2) is 9.59 Å². The number of β-amino-alcohol motifs (C(OH)–C–C–N with tert-alkyl or cyclic N) is 2. The molecule has 0 aromatic rings. The van der Waals surface area contributed by atoms with E-state index in [1.54, 1.807) is 0 Å². The van der Waals surface area contributed by atoms with Crippen molar-refractivity contribution < 1.29 is 30.0 Å². The van der Waals surface area contributed by atoms with Crippen LogP contribution in [0.25, 0.3) is 0 Å². The third-order valence-corrected chi connectivity index (χ3v) is 2.32. The Bertz CT molecular complexity index is 274. The minimum Gasteiger partial charge on any atom is -0.480 e. The fourth-order valence-corrected chi connectivity index (χ4v) is 1.36. The maximum absolute atomic E-state index is 11.4. The smallest absolute Gasteiger partial charge is 0.328 e. The number of nitrogens with one attached hydrogen (secondary N) is 1. The Morgan fingerprint density at radius 2 is 1.81 bits per heavy atom. The second-order valence-electron chi connectivity index (χ2n) is 3.56. The van der Waals surface area contributed by atoms with Crippen molar-refractivity contribution in [3.05, 3.63) is 0 Å². The number of carbonyl (C=O) groups excluding carboxylic acids is 1. The Kier molecular flexibility index (Phi) is 4.05. The Balaban J connectivity index is 2.50. The largest absolute Gasteiger partial charge is 0.480 e. The van der Waals surface area contributed by atoms with E-state index in [0.717, 1.165) is 4.90 Å². The lowest BCUT2D eigenvalue weighted by atomic mass is 10.3. The van der Waals surface area contributed by atoms with Crippen LogP contribution >= 0.6 is 0 Å². The third-order valence-electron chi connectivity index (χ3n) is 2.32. The summed E-state index contributed by atoms with van der Waals surface area (Å²) in [5.74, 6) is -1.35. The van der Waals surface area contributed by atoms with E-state index in [-0.39, 0.29) is 13.1 Å². The first-order valence-corrected chi connectivity index (χ1v) is 4.71. The Morgan fingerprint density at radius 3 is 2.19 bits per heavy atom. The van der Waals surface area contributed by atoms with Crippen LogP contribution in [0.1, 0.15) is 0 Å². The topological polar surface area (TPSA) is 130 Å². The molecular weight excluding hydrogens is 220 g/mol. The molecule has 3 atom stereocenters.